The van der Waals surface area contributed by atoms with Crippen molar-refractivity contribution >= 4 is 17.0 Å². The first-order valence-electron chi connectivity index (χ1n) is 5.52. The Balaban J connectivity index is 2.96. The molecule has 0 N–H and O–H groups in total. The molecule has 0 saturated carbocycles. The van der Waals surface area contributed by atoms with E-state index in [0.29, 0.717) is 5.92 Å². The number of rotatable bonds is 3. The fourth-order valence-electron chi connectivity index (χ4n) is 1.42. The molecule has 1 aromatic carbocycles. The SMILES string of the molecule is COc1ccc(SC(=O)N(C)C)cc1C(C)C. The number of hydrogen-bond acceptors (Lipinski definition) is 3. The van der Waals surface area contributed by atoms with E-state index in [1.165, 1.54) is 11.8 Å². The van der Waals surface area contributed by atoms with Crippen molar-refractivity contribution in [3.63, 3.8) is 0 Å². The third-order valence-corrected chi connectivity index (χ3v) is 3.42. The molecule has 1 amide bonds. The smallest absolute Gasteiger partial charge is 0.285 e. The second-order valence-electron chi connectivity index (χ2n) is 4.32. The summed E-state index contributed by atoms with van der Waals surface area (Å²) in [6.07, 6.45) is 0. The van der Waals surface area contributed by atoms with Gasteiger partial charge in [-0.1, -0.05) is 13.8 Å². The van der Waals surface area contributed by atoms with Crippen LogP contribution in [0.2, 0.25) is 0 Å². The third kappa shape index (κ3) is 3.66. The molecule has 1 rings (SSSR count). The van der Waals surface area contributed by atoms with Crippen LogP contribution >= 0.6 is 11.8 Å². The average Bonchev–Trinajstić information content (AvgIpc) is 2.28. The minimum atomic E-state index is 0.0323. The van der Waals surface area contributed by atoms with E-state index >= 15 is 0 Å². The van der Waals surface area contributed by atoms with Crippen LogP contribution in [0.1, 0.15) is 25.3 Å². The number of amides is 1. The molecular formula is C13H19NO2S. The standard InChI is InChI=1S/C13H19NO2S/c1-9(2)11-8-10(6-7-12(11)16-5)17-13(15)14(3)4/h6-9H,1-5H3. The maximum absolute atomic E-state index is 11.6. The molecule has 1 aromatic rings. The van der Waals surface area contributed by atoms with Crippen LogP contribution < -0.4 is 4.74 Å². The minimum absolute atomic E-state index is 0.0323. The summed E-state index contributed by atoms with van der Waals surface area (Å²) in [5, 5.41) is 0.0323. The van der Waals surface area contributed by atoms with Crippen molar-refractivity contribution in [3.8, 4) is 5.75 Å². The molecule has 0 spiro atoms. The van der Waals surface area contributed by atoms with Gasteiger partial charge in [0.1, 0.15) is 5.75 Å². The predicted molar refractivity (Wildman–Crippen MR) is 72.0 cm³/mol. The molecule has 0 heterocycles. The zero-order chi connectivity index (χ0) is 13.0. The van der Waals surface area contributed by atoms with E-state index in [9.17, 15) is 4.79 Å². The Hall–Kier alpha value is -1.16. The molecule has 3 nitrogen and oxygen atoms in total. The van der Waals surface area contributed by atoms with Gasteiger partial charge < -0.3 is 9.64 Å². The Bertz CT molecular complexity index is 402. The summed E-state index contributed by atoms with van der Waals surface area (Å²) in [6.45, 7) is 4.22. The molecule has 0 aliphatic heterocycles. The van der Waals surface area contributed by atoms with E-state index in [1.54, 1.807) is 26.1 Å². The predicted octanol–water partition coefficient (Wildman–Crippen LogP) is 3.59. The van der Waals surface area contributed by atoms with Gasteiger partial charge in [-0.15, -0.1) is 0 Å². The fourth-order valence-corrected chi connectivity index (χ4v) is 2.13. The van der Waals surface area contributed by atoms with Crippen molar-refractivity contribution in [2.45, 2.75) is 24.7 Å². The van der Waals surface area contributed by atoms with Crippen LogP contribution in [0, 0.1) is 0 Å². The average molecular weight is 253 g/mol. The number of ether oxygens (including phenoxy) is 1. The molecule has 4 heteroatoms. The molecule has 0 bridgehead atoms. The molecule has 0 aromatic heterocycles. The topological polar surface area (TPSA) is 29.5 Å². The van der Waals surface area contributed by atoms with Crippen molar-refractivity contribution in [1.82, 2.24) is 4.90 Å². The monoisotopic (exact) mass is 253 g/mol. The van der Waals surface area contributed by atoms with Crippen LogP contribution in [-0.4, -0.2) is 31.3 Å². The Morgan fingerprint density at radius 1 is 1.35 bits per heavy atom. The highest BCUT2D eigenvalue weighted by molar-refractivity contribution is 8.13. The van der Waals surface area contributed by atoms with Crippen LogP contribution in [0.25, 0.3) is 0 Å². The summed E-state index contributed by atoms with van der Waals surface area (Å²) in [5.41, 5.74) is 1.13. The Morgan fingerprint density at radius 3 is 2.47 bits per heavy atom. The van der Waals surface area contributed by atoms with E-state index in [-0.39, 0.29) is 5.24 Å². The van der Waals surface area contributed by atoms with Gasteiger partial charge in [-0.25, -0.2) is 0 Å². The highest BCUT2D eigenvalue weighted by atomic mass is 32.2. The molecule has 0 aliphatic carbocycles. The first-order chi connectivity index (χ1) is 7.95. The van der Waals surface area contributed by atoms with Gasteiger partial charge in [0.25, 0.3) is 5.24 Å². The van der Waals surface area contributed by atoms with E-state index in [0.717, 1.165) is 16.2 Å². The highest BCUT2D eigenvalue weighted by Gasteiger charge is 2.11. The third-order valence-electron chi connectivity index (χ3n) is 2.39. The lowest BCUT2D eigenvalue weighted by molar-refractivity contribution is 0.241. The number of nitrogens with zero attached hydrogens (tertiary/aromatic N) is 1. The lowest BCUT2D eigenvalue weighted by atomic mass is 10.0. The lowest BCUT2D eigenvalue weighted by Gasteiger charge is -2.14. The van der Waals surface area contributed by atoms with Crippen molar-refractivity contribution < 1.29 is 9.53 Å². The first kappa shape index (κ1) is 13.9. The van der Waals surface area contributed by atoms with Crippen molar-refractivity contribution in [2.75, 3.05) is 21.2 Å². The van der Waals surface area contributed by atoms with Crippen molar-refractivity contribution in [2.24, 2.45) is 0 Å². The summed E-state index contributed by atoms with van der Waals surface area (Å²) < 4.78 is 5.31. The second-order valence-corrected chi connectivity index (χ2v) is 5.35. The molecule has 0 aliphatic rings. The van der Waals surface area contributed by atoms with Gasteiger partial charge in [-0.2, -0.15) is 0 Å². The second kappa shape index (κ2) is 5.96. The van der Waals surface area contributed by atoms with Gasteiger partial charge in [0, 0.05) is 19.0 Å². The number of thioether (sulfide) groups is 1. The van der Waals surface area contributed by atoms with Gasteiger partial charge in [-0.3, -0.25) is 4.79 Å². The zero-order valence-corrected chi connectivity index (χ0v) is 11.8. The molecule has 17 heavy (non-hydrogen) atoms. The van der Waals surface area contributed by atoms with Crippen LogP contribution in [0.4, 0.5) is 4.79 Å². The number of benzene rings is 1. The Morgan fingerprint density at radius 2 is 2.00 bits per heavy atom. The van der Waals surface area contributed by atoms with Gasteiger partial charge in [-0.05, 0) is 41.4 Å². The first-order valence-corrected chi connectivity index (χ1v) is 6.34. The number of methoxy groups -OCH3 is 1. The van der Waals surface area contributed by atoms with Crippen LogP contribution in [0.15, 0.2) is 23.1 Å². The summed E-state index contributed by atoms with van der Waals surface area (Å²) in [5.74, 6) is 1.25. The lowest BCUT2D eigenvalue weighted by Crippen LogP contribution is -2.16. The summed E-state index contributed by atoms with van der Waals surface area (Å²) in [7, 11) is 5.17. The quantitative estimate of drug-likeness (QED) is 0.771. The van der Waals surface area contributed by atoms with Gasteiger partial charge in [0.15, 0.2) is 0 Å². The Kier molecular flexibility index (Phi) is 4.87. The maximum Gasteiger partial charge on any atom is 0.285 e. The van der Waals surface area contributed by atoms with Crippen molar-refractivity contribution in [3.05, 3.63) is 23.8 Å². The largest absolute Gasteiger partial charge is 0.496 e. The molecule has 0 radical (unpaired) electrons. The summed E-state index contributed by atoms with van der Waals surface area (Å²) in [6, 6.07) is 5.85. The van der Waals surface area contributed by atoms with Crippen molar-refractivity contribution in [1.29, 1.82) is 0 Å². The maximum atomic E-state index is 11.6. The van der Waals surface area contributed by atoms with Gasteiger partial charge in [0.05, 0.1) is 7.11 Å². The fraction of sp³-hybridized carbons (Fsp3) is 0.462. The highest BCUT2D eigenvalue weighted by Crippen LogP contribution is 2.31. The molecule has 0 saturated heterocycles. The van der Waals surface area contributed by atoms with E-state index in [2.05, 4.69) is 13.8 Å². The summed E-state index contributed by atoms with van der Waals surface area (Å²) in [4.78, 5) is 14.1. The van der Waals surface area contributed by atoms with Gasteiger partial charge >= 0.3 is 0 Å². The zero-order valence-electron chi connectivity index (χ0n) is 11.0. The van der Waals surface area contributed by atoms with E-state index < -0.39 is 0 Å². The molecule has 0 unspecified atom stereocenters. The van der Waals surface area contributed by atoms with E-state index in [1.807, 2.05) is 18.2 Å². The number of hydrogen-bond donors (Lipinski definition) is 0. The van der Waals surface area contributed by atoms with Crippen LogP contribution in [0.3, 0.4) is 0 Å². The van der Waals surface area contributed by atoms with E-state index in [4.69, 9.17) is 4.74 Å². The molecular weight excluding hydrogens is 234 g/mol. The number of carbonyl (C=O) groups excluding carboxylic acids is 1. The summed E-state index contributed by atoms with van der Waals surface area (Å²) >= 11 is 1.23. The minimum Gasteiger partial charge on any atom is -0.496 e. The van der Waals surface area contributed by atoms with Gasteiger partial charge in [0.2, 0.25) is 0 Å². The molecule has 94 valence electrons. The molecule has 0 atom stereocenters. The van der Waals surface area contributed by atoms with Crippen LogP contribution in [-0.2, 0) is 0 Å². The molecule has 0 fully saturated rings. The normalized spacial score (nSPS) is 10.5. The Labute approximate surface area is 107 Å². The van der Waals surface area contributed by atoms with Crippen LogP contribution in [0.5, 0.6) is 5.75 Å². The number of carbonyl (C=O) groups is 1.